The molecule has 5 heteroatoms. The summed E-state index contributed by atoms with van der Waals surface area (Å²) in [4.78, 5) is 12.3. The van der Waals surface area contributed by atoms with Crippen molar-refractivity contribution in [2.75, 3.05) is 20.1 Å². The number of para-hydroxylation sites is 2. The highest BCUT2D eigenvalue weighted by Gasteiger charge is 2.31. The van der Waals surface area contributed by atoms with Gasteiger partial charge in [-0.3, -0.25) is 10.3 Å². The van der Waals surface area contributed by atoms with Gasteiger partial charge in [-0.15, -0.1) is 0 Å². The Bertz CT molecular complexity index is 986. The molecule has 2 fully saturated rings. The van der Waals surface area contributed by atoms with Gasteiger partial charge in [0, 0.05) is 12.2 Å². The van der Waals surface area contributed by atoms with Gasteiger partial charge < -0.3 is 9.47 Å². The molecule has 1 unspecified atom stereocenters. The SMILES string of the molecule is Cc1cccnc1[C@@H]1CCCC(c2nc3ccccc3n2C2CCN(C)CC2)N1. The normalized spacial score (nSPS) is 24.2. The molecule has 0 amide bonds. The van der Waals surface area contributed by atoms with E-state index in [1.807, 2.05) is 12.3 Å². The van der Waals surface area contributed by atoms with Crippen LogP contribution >= 0.6 is 0 Å². The summed E-state index contributed by atoms with van der Waals surface area (Å²) in [7, 11) is 2.23. The quantitative estimate of drug-likeness (QED) is 0.713. The van der Waals surface area contributed by atoms with Crippen LogP contribution in [0, 0.1) is 6.92 Å². The number of benzene rings is 1. The highest BCUT2D eigenvalue weighted by molar-refractivity contribution is 5.76. The summed E-state index contributed by atoms with van der Waals surface area (Å²) in [6.07, 6.45) is 7.79. The zero-order valence-corrected chi connectivity index (χ0v) is 17.5. The molecule has 0 saturated carbocycles. The van der Waals surface area contributed by atoms with Crippen LogP contribution in [-0.2, 0) is 0 Å². The second kappa shape index (κ2) is 7.88. The third-order valence-corrected chi connectivity index (χ3v) is 6.76. The van der Waals surface area contributed by atoms with Crippen molar-refractivity contribution < 1.29 is 0 Å². The number of rotatable bonds is 3. The highest BCUT2D eigenvalue weighted by Crippen LogP contribution is 2.37. The van der Waals surface area contributed by atoms with Crippen molar-refractivity contribution in [2.24, 2.45) is 0 Å². The first-order chi connectivity index (χ1) is 14.2. The fourth-order valence-electron chi connectivity index (χ4n) is 5.16. The number of nitrogens with zero attached hydrogens (tertiary/aromatic N) is 4. The summed E-state index contributed by atoms with van der Waals surface area (Å²) >= 11 is 0. The molecule has 1 aromatic carbocycles. The van der Waals surface area contributed by atoms with Crippen molar-refractivity contribution >= 4 is 11.0 Å². The van der Waals surface area contributed by atoms with Gasteiger partial charge in [0.2, 0.25) is 0 Å². The second-order valence-electron chi connectivity index (χ2n) is 8.77. The van der Waals surface area contributed by atoms with Crippen LogP contribution < -0.4 is 5.32 Å². The Morgan fingerprint density at radius 3 is 2.59 bits per heavy atom. The number of nitrogens with one attached hydrogen (secondary N) is 1. The molecule has 0 spiro atoms. The van der Waals surface area contributed by atoms with Crippen molar-refractivity contribution in [3.63, 3.8) is 0 Å². The summed E-state index contributed by atoms with van der Waals surface area (Å²) in [5, 5.41) is 3.92. The Morgan fingerprint density at radius 2 is 1.76 bits per heavy atom. The van der Waals surface area contributed by atoms with Gasteiger partial charge in [0.15, 0.2) is 0 Å². The molecular formula is C24H31N5. The zero-order chi connectivity index (χ0) is 19.8. The molecule has 5 nitrogen and oxygen atoms in total. The zero-order valence-electron chi connectivity index (χ0n) is 17.5. The van der Waals surface area contributed by atoms with Crippen molar-refractivity contribution in [3.05, 3.63) is 59.7 Å². The topological polar surface area (TPSA) is 46.0 Å². The van der Waals surface area contributed by atoms with E-state index in [1.165, 1.54) is 41.9 Å². The molecule has 2 aliphatic heterocycles. The van der Waals surface area contributed by atoms with Crippen LogP contribution in [0.2, 0.25) is 0 Å². The van der Waals surface area contributed by atoms with Crippen LogP contribution in [0.4, 0.5) is 0 Å². The molecule has 2 aliphatic rings. The van der Waals surface area contributed by atoms with Gasteiger partial charge >= 0.3 is 0 Å². The van der Waals surface area contributed by atoms with E-state index >= 15 is 0 Å². The lowest BCUT2D eigenvalue weighted by atomic mass is 9.93. The summed E-state index contributed by atoms with van der Waals surface area (Å²) in [5.74, 6) is 1.22. The van der Waals surface area contributed by atoms with Gasteiger partial charge in [0.1, 0.15) is 5.82 Å². The van der Waals surface area contributed by atoms with E-state index in [2.05, 4.69) is 59.1 Å². The molecule has 2 saturated heterocycles. The smallest absolute Gasteiger partial charge is 0.127 e. The summed E-state index contributed by atoms with van der Waals surface area (Å²) in [6.45, 7) is 4.48. The molecule has 2 atom stereocenters. The first-order valence-corrected chi connectivity index (χ1v) is 11.0. The van der Waals surface area contributed by atoms with E-state index in [-0.39, 0.29) is 6.04 Å². The Balaban J connectivity index is 1.51. The number of pyridine rings is 1. The lowest BCUT2D eigenvalue weighted by Crippen LogP contribution is -2.36. The van der Waals surface area contributed by atoms with E-state index in [0.717, 1.165) is 31.4 Å². The Morgan fingerprint density at radius 1 is 0.966 bits per heavy atom. The number of piperidine rings is 2. The van der Waals surface area contributed by atoms with E-state index in [1.54, 1.807) is 0 Å². The standard InChI is InChI=1S/C24H31N5/c1-17-7-6-14-25-23(17)20-9-5-10-21(26-20)24-27-19-8-3-4-11-22(19)29(24)18-12-15-28(2)16-13-18/h3-4,6-8,11,14,18,20-21,26H,5,9-10,12-13,15-16H2,1-2H3/t20-,21?/m0/s1. The van der Waals surface area contributed by atoms with Crippen molar-refractivity contribution in [1.29, 1.82) is 0 Å². The van der Waals surface area contributed by atoms with Gasteiger partial charge in [0.25, 0.3) is 0 Å². The maximum Gasteiger partial charge on any atom is 0.127 e. The van der Waals surface area contributed by atoms with E-state index in [4.69, 9.17) is 9.97 Å². The number of hydrogen-bond acceptors (Lipinski definition) is 4. The minimum Gasteiger partial charge on any atom is -0.323 e. The second-order valence-corrected chi connectivity index (χ2v) is 8.77. The average molecular weight is 390 g/mol. The summed E-state index contributed by atoms with van der Waals surface area (Å²) in [6, 6.07) is 14.0. The number of imidazole rings is 1. The van der Waals surface area contributed by atoms with Gasteiger partial charge in [-0.25, -0.2) is 4.98 Å². The maximum atomic E-state index is 5.15. The largest absolute Gasteiger partial charge is 0.323 e. The molecule has 3 aromatic rings. The van der Waals surface area contributed by atoms with Gasteiger partial charge in [0.05, 0.1) is 28.8 Å². The number of aromatic nitrogens is 3. The van der Waals surface area contributed by atoms with Gasteiger partial charge in [-0.2, -0.15) is 0 Å². The Hall–Kier alpha value is -2.24. The molecule has 0 radical (unpaired) electrons. The highest BCUT2D eigenvalue weighted by atomic mass is 15.2. The van der Waals surface area contributed by atoms with Crippen LogP contribution in [0.15, 0.2) is 42.6 Å². The molecule has 152 valence electrons. The van der Waals surface area contributed by atoms with Crippen molar-refractivity contribution in [2.45, 2.75) is 57.2 Å². The minimum atomic E-state index is 0.280. The number of hydrogen-bond donors (Lipinski definition) is 1. The molecule has 0 bridgehead atoms. The molecule has 5 rings (SSSR count). The minimum absolute atomic E-state index is 0.280. The molecule has 0 aliphatic carbocycles. The van der Waals surface area contributed by atoms with Crippen molar-refractivity contribution in [3.8, 4) is 0 Å². The fourth-order valence-corrected chi connectivity index (χ4v) is 5.16. The molecule has 4 heterocycles. The molecule has 1 N–H and O–H groups in total. The first kappa shape index (κ1) is 18.8. The van der Waals surface area contributed by atoms with Crippen LogP contribution in [-0.4, -0.2) is 39.6 Å². The maximum absolute atomic E-state index is 5.15. The van der Waals surface area contributed by atoms with Gasteiger partial charge in [-0.05, 0) is 82.9 Å². The third-order valence-electron chi connectivity index (χ3n) is 6.76. The Kier molecular flexibility index (Phi) is 5.10. The van der Waals surface area contributed by atoms with Crippen molar-refractivity contribution in [1.82, 2.24) is 24.8 Å². The van der Waals surface area contributed by atoms with Gasteiger partial charge in [-0.1, -0.05) is 18.2 Å². The predicted octanol–water partition coefficient (Wildman–Crippen LogP) is 4.56. The first-order valence-electron chi connectivity index (χ1n) is 11.0. The monoisotopic (exact) mass is 389 g/mol. The van der Waals surface area contributed by atoms with E-state index in [0.29, 0.717) is 12.1 Å². The van der Waals surface area contributed by atoms with Crippen LogP contribution in [0.3, 0.4) is 0 Å². The summed E-state index contributed by atoms with van der Waals surface area (Å²) in [5.41, 5.74) is 4.88. The lowest BCUT2D eigenvalue weighted by molar-refractivity contribution is 0.215. The number of likely N-dealkylation sites (tertiary alicyclic amines) is 1. The van der Waals surface area contributed by atoms with Crippen LogP contribution in [0.1, 0.15) is 67.3 Å². The lowest BCUT2D eigenvalue weighted by Gasteiger charge is -2.35. The Labute approximate surface area is 173 Å². The van der Waals surface area contributed by atoms with Crippen LogP contribution in [0.25, 0.3) is 11.0 Å². The molecule has 29 heavy (non-hydrogen) atoms. The molecular weight excluding hydrogens is 358 g/mol. The number of aryl methyl sites for hydroxylation is 1. The third kappa shape index (κ3) is 3.58. The van der Waals surface area contributed by atoms with E-state index in [9.17, 15) is 0 Å². The summed E-state index contributed by atoms with van der Waals surface area (Å²) < 4.78 is 2.56. The average Bonchev–Trinajstić information content (AvgIpc) is 3.14. The molecule has 2 aromatic heterocycles. The fraction of sp³-hybridized carbons (Fsp3) is 0.500. The van der Waals surface area contributed by atoms with E-state index < -0.39 is 0 Å². The van der Waals surface area contributed by atoms with Crippen LogP contribution in [0.5, 0.6) is 0 Å². The predicted molar refractivity (Wildman–Crippen MR) is 117 cm³/mol. The number of fused-ring (bicyclic) bond motifs is 1.